The Balaban J connectivity index is 1.43. The fraction of sp³-hybridized carbons (Fsp3) is 0.208. The zero-order valence-electron chi connectivity index (χ0n) is 17.3. The molecule has 1 atom stereocenters. The summed E-state index contributed by atoms with van der Waals surface area (Å²) in [5, 5.41) is 4.05. The quantitative estimate of drug-likeness (QED) is 0.554. The van der Waals surface area contributed by atoms with E-state index in [-0.39, 0.29) is 18.9 Å². The van der Waals surface area contributed by atoms with Crippen molar-refractivity contribution in [2.45, 2.75) is 26.0 Å². The van der Waals surface area contributed by atoms with E-state index < -0.39 is 12.0 Å². The van der Waals surface area contributed by atoms with Crippen molar-refractivity contribution in [1.29, 1.82) is 0 Å². The molecule has 0 bridgehead atoms. The van der Waals surface area contributed by atoms with E-state index in [9.17, 15) is 9.59 Å². The van der Waals surface area contributed by atoms with Crippen LogP contribution in [0.25, 0.3) is 17.3 Å². The molecule has 1 aliphatic rings. The first-order valence-electron chi connectivity index (χ1n) is 9.87. The van der Waals surface area contributed by atoms with Gasteiger partial charge < -0.3 is 18.9 Å². The maximum atomic E-state index is 12.6. The molecule has 1 unspecified atom stereocenters. The Morgan fingerprint density at radius 2 is 1.90 bits per heavy atom. The van der Waals surface area contributed by atoms with Gasteiger partial charge in [-0.15, -0.1) is 0 Å². The fourth-order valence-electron chi connectivity index (χ4n) is 3.65. The van der Waals surface area contributed by atoms with Crippen molar-refractivity contribution < 1.29 is 23.6 Å². The Morgan fingerprint density at radius 1 is 1.13 bits per heavy atom. The second kappa shape index (κ2) is 8.87. The monoisotopic (exact) mass is 418 g/mol. The normalized spacial score (nSPS) is 14.8. The molecule has 0 radical (unpaired) electrons. The largest absolute Gasteiger partial charge is 0.496 e. The van der Waals surface area contributed by atoms with Gasteiger partial charge in [0.25, 0.3) is 0 Å². The lowest BCUT2D eigenvalue weighted by Crippen LogP contribution is -2.32. The molecule has 0 saturated carbocycles. The minimum Gasteiger partial charge on any atom is -0.496 e. The molecule has 1 aromatic heterocycles. The zero-order chi connectivity index (χ0) is 21.8. The summed E-state index contributed by atoms with van der Waals surface area (Å²) < 4.78 is 16.1. The molecule has 4 rings (SSSR count). The number of fused-ring (bicyclic) bond motifs is 1. The Hall–Kier alpha value is -3.87. The molecular formula is C24H22N2O5. The van der Waals surface area contributed by atoms with Gasteiger partial charge in [-0.25, -0.2) is 0 Å². The van der Waals surface area contributed by atoms with Crippen LogP contribution in [0.5, 0.6) is 5.75 Å². The Morgan fingerprint density at radius 3 is 2.71 bits per heavy atom. The number of ether oxygens (including phenoxy) is 2. The number of rotatable bonds is 6. The lowest BCUT2D eigenvalue weighted by Gasteiger charge is -2.32. The summed E-state index contributed by atoms with van der Waals surface area (Å²) >= 11 is 0. The van der Waals surface area contributed by atoms with Gasteiger partial charge in [-0.05, 0) is 29.3 Å². The summed E-state index contributed by atoms with van der Waals surface area (Å²) in [6, 6.07) is 16.4. The van der Waals surface area contributed by atoms with E-state index in [0.717, 1.165) is 16.7 Å². The molecule has 0 fully saturated rings. The number of nitrogens with zero attached hydrogens (tertiary/aromatic N) is 2. The standard InChI is InChI=1S/C24H22N2O5/c1-16(27)26-12-11-17-7-3-4-8-19(17)22(26)14-24(28)30-15-18-13-21(25-31-18)20-9-5-6-10-23(20)29-2/h3-13,22H,14-15H2,1-2H3. The van der Waals surface area contributed by atoms with Gasteiger partial charge in [-0.1, -0.05) is 41.6 Å². The van der Waals surface area contributed by atoms with Crippen molar-refractivity contribution in [3.63, 3.8) is 0 Å². The van der Waals surface area contributed by atoms with Gasteiger partial charge in [0.2, 0.25) is 5.91 Å². The summed E-state index contributed by atoms with van der Waals surface area (Å²) in [7, 11) is 1.59. The number of carbonyl (C=O) groups is 2. The lowest BCUT2D eigenvalue weighted by atomic mass is 9.94. The van der Waals surface area contributed by atoms with Crippen LogP contribution in [-0.4, -0.2) is 29.0 Å². The van der Waals surface area contributed by atoms with Gasteiger partial charge in [0.05, 0.1) is 19.6 Å². The fourth-order valence-corrected chi connectivity index (χ4v) is 3.65. The predicted molar refractivity (Wildman–Crippen MR) is 114 cm³/mol. The van der Waals surface area contributed by atoms with Crippen molar-refractivity contribution in [3.8, 4) is 17.0 Å². The van der Waals surface area contributed by atoms with Gasteiger partial charge in [-0.3, -0.25) is 9.59 Å². The van der Waals surface area contributed by atoms with Gasteiger partial charge in [0.15, 0.2) is 12.4 Å². The van der Waals surface area contributed by atoms with Crippen LogP contribution in [-0.2, 0) is 20.9 Å². The van der Waals surface area contributed by atoms with Crippen LogP contribution in [0.2, 0.25) is 0 Å². The number of carbonyl (C=O) groups excluding carboxylic acids is 2. The molecule has 2 heterocycles. The molecule has 1 amide bonds. The van der Waals surface area contributed by atoms with Crippen LogP contribution < -0.4 is 4.74 Å². The van der Waals surface area contributed by atoms with Crippen LogP contribution in [0.1, 0.15) is 36.3 Å². The van der Waals surface area contributed by atoms with Crippen LogP contribution in [0, 0.1) is 0 Å². The molecule has 158 valence electrons. The minimum absolute atomic E-state index is 0.0361. The number of methoxy groups -OCH3 is 1. The van der Waals surface area contributed by atoms with Crippen LogP contribution >= 0.6 is 0 Å². The van der Waals surface area contributed by atoms with Crippen molar-refractivity contribution in [2.75, 3.05) is 7.11 Å². The summed E-state index contributed by atoms with van der Waals surface area (Å²) in [5.41, 5.74) is 3.27. The summed E-state index contributed by atoms with van der Waals surface area (Å²) in [5.74, 6) is 0.520. The molecule has 0 saturated heterocycles. The second-order valence-corrected chi connectivity index (χ2v) is 7.13. The maximum absolute atomic E-state index is 12.6. The summed E-state index contributed by atoms with van der Waals surface area (Å²) in [4.78, 5) is 26.2. The molecule has 0 N–H and O–H groups in total. The number of benzene rings is 2. The third-order valence-corrected chi connectivity index (χ3v) is 5.15. The summed E-state index contributed by atoms with van der Waals surface area (Å²) in [6.07, 6.45) is 3.61. The number of amides is 1. The first-order valence-corrected chi connectivity index (χ1v) is 9.87. The van der Waals surface area contributed by atoms with Gasteiger partial charge in [0, 0.05) is 24.8 Å². The number of aromatic nitrogens is 1. The lowest BCUT2D eigenvalue weighted by molar-refractivity contribution is -0.147. The Labute approximate surface area is 179 Å². The number of hydrogen-bond acceptors (Lipinski definition) is 6. The van der Waals surface area contributed by atoms with E-state index in [0.29, 0.717) is 17.2 Å². The molecule has 3 aromatic rings. The second-order valence-electron chi connectivity index (χ2n) is 7.13. The first kappa shape index (κ1) is 20.4. The predicted octanol–water partition coefficient (Wildman–Crippen LogP) is 4.36. The van der Waals surface area contributed by atoms with Crippen molar-refractivity contribution >= 4 is 18.0 Å². The van der Waals surface area contributed by atoms with E-state index in [4.69, 9.17) is 14.0 Å². The molecule has 1 aliphatic heterocycles. The SMILES string of the molecule is COc1ccccc1-c1cc(COC(=O)CC2c3ccccc3C=CN2C(C)=O)on1. The minimum atomic E-state index is -0.434. The molecular weight excluding hydrogens is 396 g/mol. The molecule has 0 spiro atoms. The molecule has 31 heavy (non-hydrogen) atoms. The van der Waals surface area contributed by atoms with E-state index in [1.165, 1.54) is 6.92 Å². The Bertz CT molecular complexity index is 1130. The van der Waals surface area contributed by atoms with Crippen molar-refractivity contribution in [3.05, 3.63) is 77.7 Å². The number of para-hydroxylation sites is 1. The number of esters is 1. The van der Waals surface area contributed by atoms with E-state index in [1.807, 2.05) is 54.6 Å². The highest BCUT2D eigenvalue weighted by Gasteiger charge is 2.28. The Kier molecular flexibility index (Phi) is 5.84. The van der Waals surface area contributed by atoms with Crippen molar-refractivity contribution in [1.82, 2.24) is 10.1 Å². The molecule has 7 heteroatoms. The van der Waals surface area contributed by atoms with Crippen molar-refractivity contribution in [2.24, 2.45) is 0 Å². The average Bonchev–Trinajstić information content (AvgIpc) is 3.26. The smallest absolute Gasteiger partial charge is 0.308 e. The third kappa shape index (κ3) is 4.35. The average molecular weight is 418 g/mol. The molecule has 2 aromatic carbocycles. The summed E-state index contributed by atoms with van der Waals surface area (Å²) in [6.45, 7) is 1.43. The third-order valence-electron chi connectivity index (χ3n) is 5.15. The number of hydrogen-bond donors (Lipinski definition) is 0. The van der Waals surface area contributed by atoms with Gasteiger partial charge in [0.1, 0.15) is 11.4 Å². The first-order chi connectivity index (χ1) is 15.1. The zero-order valence-corrected chi connectivity index (χ0v) is 17.3. The van der Waals surface area contributed by atoms with Gasteiger partial charge in [-0.2, -0.15) is 0 Å². The molecule has 7 nitrogen and oxygen atoms in total. The molecule has 0 aliphatic carbocycles. The highest BCUT2D eigenvalue weighted by Crippen LogP contribution is 2.33. The van der Waals surface area contributed by atoms with Crippen LogP contribution in [0.15, 0.2) is 65.3 Å². The highest BCUT2D eigenvalue weighted by atomic mass is 16.5. The maximum Gasteiger partial charge on any atom is 0.308 e. The van der Waals surface area contributed by atoms with E-state index in [2.05, 4.69) is 5.16 Å². The van der Waals surface area contributed by atoms with Crippen LogP contribution in [0.4, 0.5) is 0 Å². The van der Waals surface area contributed by atoms with Crippen LogP contribution in [0.3, 0.4) is 0 Å². The van der Waals surface area contributed by atoms with Gasteiger partial charge >= 0.3 is 5.97 Å². The highest BCUT2D eigenvalue weighted by molar-refractivity contribution is 5.80. The topological polar surface area (TPSA) is 81.9 Å². The van der Waals surface area contributed by atoms with E-state index >= 15 is 0 Å². The van der Waals surface area contributed by atoms with E-state index in [1.54, 1.807) is 24.3 Å².